The highest BCUT2D eigenvalue weighted by atomic mass is 32.1. The van der Waals surface area contributed by atoms with Crippen LogP contribution in [0.4, 0.5) is 0 Å². The highest BCUT2D eigenvalue weighted by Crippen LogP contribution is 2.49. The number of rotatable bonds is 3. The normalized spacial score (nSPS) is 31.0. The van der Waals surface area contributed by atoms with Gasteiger partial charge in [0.05, 0.1) is 6.10 Å². The van der Waals surface area contributed by atoms with Gasteiger partial charge in [0, 0.05) is 19.3 Å². The first kappa shape index (κ1) is 18.8. The van der Waals surface area contributed by atoms with Crippen LogP contribution in [0, 0.1) is 28.6 Å². The Hall–Kier alpha value is -0.220. The number of thiol groups is 1. The summed E-state index contributed by atoms with van der Waals surface area (Å²) in [5.74, 6) is 0.748. The molecule has 1 rings (SSSR count). The maximum Gasteiger partial charge on any atom is 0.317 e. The summed E-state index contributed by atoms with van der Waals surface area (Å²) in [7, 11) is 0. The van der Waals surface area contributed by atoms with E-state index in [9.17, 15) is 9.90 Å². The fourth-order valence-electron chi connectivity index (χ4n) is 3.71. The molecule has 124 valence electrons. The van der Waals surface area contributed by atoms with Gasteiger partial charge in [0.2, 0.25) is 0 Å². The third kappa shape index (κ3) is 5.17. The van der Waals surface area contributed by atoms with E-state index in [-0.39, 0.29) is 34.7 Å². The second-order valence-corrected chi connectivity index (χ2v) is 8.96. The smallest absolute Gasteiger partial charge is 0.317 e. The zero-order chi connectivity index (χ0) is 16.4. The summed E-state index contributed by atoms with van der Waals surface area (Å²) in [6.07, 6.45) is 2.94. The summed E-state index contributed by atoms with van der Waals surface area (Å²) in [5, 5.41) is 10.8. The molecule has 1 N–H and O–H groups in total. The minimum Gasteiger partial charge on any atom is -0.395 e. The molecule has 21 heavy (non-hydrogen) atoms. The first-order valence-corrected chi connectivity index (χ1v) is 8.35. The molecule has 3 nitrogen and oxygen atoms in total. The van der Waals surface area contributed by atoms with Crippen molar-refractivity contribution >= 4 is 18.9 Å². The lowest BCUT2D eigenvalue weighted by molar-refractivity contribution is -0.133. The molecule has 0 aromatic rings. The Balaban J connectivity index is 2.86. The molecule has 4 heteroatoms. The largest absolute Gasteiger partial charge is 0.395 e. The van der Waals surface area contributed by atoms with E-state index in [1.807, 2.05) is 0 Å². The van der Waals surface area contributed by atoms with Crippen LogP contribution in [-0.2, 0) is 8.98 Å². The van der Waals surface area contributed by atoms with Crippen molar-refractivity contribution in [1.82, 2.24) is 0 Å². The van der Waals surface area contributed by atoms with Gasteiger partial charge in [0.15, 0.2) is 0 Å². The molecule has 0 heterocycles. The third-order valence-electron chi connectivity index (χ3n) is 5.08. The van der Waals surface area contributed by atoms with Crippen molar-refractivity contribution in [3.8, 4) is 0 Å². The lowest BCUT2D eigenvalue weighted by Gasteiger charge is -2.49. The van der Waals surface area contributed by atoms with Gasteiger partial charge in [-0.1, -0.05) is 41.5 Å². The lowest BCUT2D eigenvalue weighted by Crippen LogP contribution is -2.47. The average Bonchev–Trinajstić information content (AvgIpc) is 2.34. The molecule has 0 amide bonds. The zero-order valence-corrected chi connectivity index (χ0v) is 15.2. The fourth-order valence-corrected chi connectivity index (χ4v) is 3.80. The Morgan fingerprint density at radius 1 is 1.10 bits per heavy atom. The molecule has 0 aromatic carbocycles. The molecule has 1 aliphatic carbocycles. The van der Waals surface area contributed by atoms with E-state index in [1.54, 1.807) is 0 Å². The minimum absolute atomic E-state index is 0.0750. The van der Waals surface area contributed by atoms with E-state index in [1.165, 1.54) is 0 Å². The van der Waals surface area contributed by atoms with Gasteiger partial charge in [0.1, 0.15) is 0 Å². The molecule has 1 aliphatic rings. The lowest BCUT2D eigenvalue weighted by atomic mass is 9.58. The summed E-state index contributed by atoms with van der Waals surface area (Å²) < 4.78 is 4.46. The number of hydrogen-bond acceptors (Lipinski definition) is 4. The van der Waals surface area contributed by atoms with Crippen LogP contribution >= 0.6 is 12.9 Å². The molecule has 2 unspecified atom stereocenters. The van der Waals surface area contributed by atoms with E-state index in [2.05, 4.69) is 58.6 Å². The number of carbonyl (C=O) groups excluding carboxylic acids is 1. The third-order valence-corrected chi connectivity index (χ3v) is 5.29. The molecule has 0 spiro atoms. The molecule has 2 atom stereocenters. The fraction of sp³-hybridized carbons (Fsp3) is 0.941. The van der Waals surface area contributed by atoms with E-state index in [4.69, 9.17) is 0 Å². The van der Waals surface area contributed by atoms with E-state index in [0.29, 0.717) is 12.3 Å². The van der Waals surface area contributed by atoms with Crippen LogP contribution in [0.5, 0.6) is 0 Å². The van der Waals surface area contributed by atoms with Crippen LogP contribution in [0.25, 0.3) is 0 Å². The van der Waals surface area contributed by atoms with Crippen LogP contribution in [0.2, 0.25) is 0 Å². The van der Waals surface area contributed by atoms with Gasteiger partial charge < -0.3 is 9.29 Å². The van der Waals surface area contributed by atoms with Crippen molar-refractivity contribution in [2.24, 2.45) is 28.6 Å². The highest BCUT2D eigenvalue weighted by Gasteiger charge is 2.45. The van der Waals surface area contributed by atoms with E-state index < -0.39 is 0 Å². The van der Waals surface area contributed by atoms with Crippen molar-refractivity contribution in [3.05, 3.63) is 0 Å². The number of aliphatic hydroxyl groups excluding tert-OH is 1. The van der Waals surface area contributed by atoms with Crippen LogP contribution in [0.15, 0.2) is 0 Å². The second-order valence-electron chi connectivity index (χ2n) is 8.78. The van der Waals surface area contributed by atoms with Crippen LogP contribution in [0.1, 0.15) is 67.2 Å². The molecule has 1 fully saturated rings. The number of carbonyl (C=O) groups is 1. The summed E-state index contributed by atoms with van der Waals surface area (Å²) in [4.78, 5) is 11.3. The first-order valence-electron chi connectivity index (χ1n) is 7.99. The summed E-state index contributed by atoms with van der Waals surface area (Å²) in [6.45, 7) is 13.2. The van der Waals surface area contributed by atoms with Crippen molar-refractivity contribution in [2.45, 2.75) is 73.3 Å². The van der Waals surface area contributed by atoms with E-state index >= 15 is 0 Å². The van der Waals surface area contributed by atoms with Gasteiger partial charge in [-0.15, -0.1) is 0 Å². The molecular formula is C17H32O3S. The topological polar surface area (TPSA) is 46.5 Å². The Morgan fingerprint density at radius 3 is 1.86 bits per heavy atom. The quantitative estimate of drug-likeness (QED) is 0.604. The Kier molecular flexibility index (Phi) is 6.19. The van der Waals surface area contributed by atoms with Crippen LogP contribution < -0.4 is 0 Å². The minimum atomic E-state index is -0.266. The molecule has 0 aromatic heterocycles. The monoisotopic (exact) mass is 316 g/mol. The molecule has 0 saturated heterocycles. The zero-order valence-electron chi connectivity index (χ0n) is 14.3. The standard InChI is InChI=1S/C17H32O3S/c1-16(2,3)12-9-11(7-8-14(18)20-21)10-13(15(12)19)17(4,5)6/h11-13,15,19,21H,7-10H2,1-6H3. The van der Waals surface area contributed by atoms with Gasteiger partial charge >= 0.3 is 5.97 Å². The maximum atomic E-state index is 11.3. The Labute approximate surface area is 135 Å². The molecule has 0 bridgehead atoms. The molecule has 0 aliphatic heterocycles. The van der Waals surface area contributed by atoms with Crippen molar-refractivity contribution in [3.63, 3.8) is 0 Å². The van der Waals surface area contributed by atoms with Crippen LogP contribution in [-0.4, -0.2) is 17.2 Å². The van der Waals surface area contributed by atoms with Gasteiger partial charge in [-0.3, -0.25) is 4.79 Å². The summed E-state index contributed by atoms with van der Waals surface area (Å²) in [6, 6.07) is 0. The van der Waals surface area contributed by atoms with Gasteiger partial charge in [-0.2, -0.15) is 0 Å². The molecule has 1 saturated carbocycles. The highest BCUT2D eigenvalue weighted by molar-refractivity contribution is 7.75. The maximum absolute atomic E-state index is 11.3. The van der Waals surface area contributed by atoms with Crippen molar-refractivity contribution < 1.29 is 14.1 Å². The second kappa shape index (κ2) is 6.91. The molecular weight excluding hydrogens is 284 g/mol. The summed E-state index contributed by atoms with van der Waals surface area (Å²) >= 11 is 3.57. The van der Waals surface area contributed by atoms with Gasteiger partial charge in [-0.25, -0.2) is 0 Å². The predicted octanol–water partition coefficient (Wildman–Crippen LogP) is 4.25. The number of aliphatic hydroxyl groups is 1. The number of hydrogen-bond donors (Lipinski definition) is 2. The predicted molar refractivity (Wildman–Crippen MR) is 88.9 cm³/mol. The summed E-state index contributed by atoms with van der Waals surface area (Å²) in [5.41, 5.74) is 0.150. The first-order chi connectivity index (χ1) is 9.46. The van der Waals surface area contributed by atoms with Gasteiger partial charge in [-0.05, 0) is 47.8 Å². The molecule has 0 radical (unpaired) electrons. The Bertz CT molecular complexity index is 330. The van der Waals surface area contributed by atoms with Crippen molar-refractivity contribution in [1.29, 1.82) is 0 Å². The van der Waals surface area contributed by atoms with Gasteiger partial charge in [0.25, 0.3) is 0 Å². The van der Waals surface area contributed by atoms with E-state index in [0.717, 1.165) is 19.3 Å². The van der Waals surface area contributed by atoms with Crippen molar-refractivity contribution in [2.75, 3.05) is 0 Å². The Morgan fingerprint density at radius 2 is 1.52 bits per heavy atom. The average molecular weight is 317 g/mol. The SMILES string of the molecule is CC(C)(C)C1CC(CCC(=O)OS)CC(C(C)(C)C)C1O. The van der Waals surface area contributed by atoms with Crippen LogP contribution in [0.3, 0.4) is 0 Å².